The van der Waals surface area contributed by atoms with Gasteiger partial charge in [0.05, 0.1) is 6.42 Å². The fraction of sp³-hybridized carbons (Fsp3) is 0.364. The monoisotopic (exact) mass is 386 g/mol. The van der Waals surface area contributed by atoms with E-state index in [1.165, 1.54) is 5.56 Å². The summed E-state index contributed by atoms with van der Waals surface area (Å²) in [5, 5.41) is 3.26. The number of aryl methyl sites for hydroxylation is 2. The Morgan fingerprint density at radius 3 is 2.41 bits per heavy atom. The van der Waals surface area contributed by atoms with Gasteiger partial charge in [0, 0.05) is 18.6 Å². The maximum Gasteiger partial charge on any atom is 0.242 e. The van der Waals surface area contributed by atoms with E-state index in [-0.39, 0.29) is 18.2 Å². The Labute approximate surface area is 166 Å². The van der Waals surface area contributed by atoms with Crippen LogP contribution in [0.2, 0.25) is 5.02 Å². The molecule has 0 aromatic heterocycles. The van der Waals surface area contributed by atoms with Gasteiger partial charge in [-0.3, -0.25) is 9.59 Å². The molecule has 144 valence electrons. The second kappa shape index (κ2) is 9.56. The minimum absolute atomic E-state index is 0.0892. The molecule has 2 aromatic rings. The van der Waals surface area contributed by atoms with E-state index in [0.29, 0.717) is 18.0 Å². The molecule has 2 rings (SSSR count). The van der Waals surface area contributed by atoms with Crippen molar-refractivity contribution in [2.45, 2.75) is 46.2 Å². The van der Waals surface area contributed by atoms with Gasteiger partial charge >= 0.3 is 0 Å². The van der Waals surface area contributed by atoms with Crippen molar-refractivity contribution < 1.29 is 9.59 Å². The van der Waals surface area contributed by atoms with Crippen LogP contribution >= 0.6 is 11.6 Å². The number of amides is 2. The third-order valence-electron chi connectivity index (χ3n) is 4.86. The summed E-state index contributed by atoms with van der Waals surface area (Å²) in [7, 11) is 1.59. The fourth-order valence-corrected chi connectivity index (χ4v) is 3.28. The lowest BCUT2D eigenvalue weighted by Gasteiger charge is -2.30. The first-order valence-corrected chi connectivity index (χ1v) is 9.55. The average Bonchev–Trinajstić information content (AvgIpc) is 2.65. The third kappa shape index (κ3) is 5.33. The number of benzene rings is 2. The van der Waals surface area contributed by atoms with E-state index < -0.39 is 6.04 Å². The van der Waals surface area contributed by atoms with Crippen molar-refractivity contribution >= 4 is 23.4 Å². The van der Waals surface area contributed by atoms with Crippen molar-refractivity contribution in [2.75, 3.05) is 7.05 Å². The Bertz CT molecular complexity index is 820. The van der Waals surface area contributed by atoms with E-state index in [1.807, 2.05) is 57.2 Å². The standard InChI is InChI=1S/C22H27ClN2O2/c1-5-20(22(27)24-4)25(14-18-8-6-7-9-19(18)23)21(26)13-17-11-10-15(2)16(3)12-17/h6-12,20H,5,13-14H2,1-4H3,(H,24,27)/t20-/m1/s1. The second-order valence-electron chi connectivity index (χ2n) is 6.75. The first-order chi connectivity index (χ1) is 12.9. The highest BCUT2D eigenvalue weighted by atomic mass is 35.5. The molecule has 0 aliphatic heterocycles. The van der Waals surface area contributed by atoms with Gasteiger partial charge in [0.2, 0.25) is 11.8 Å². The third-order valence-corrected chi connectivity index (χ3v) is 5.23. The van der Waals surface area contributed by atoms with Crippen molar-refractivity contribution in [3.8, 4) is 0 Å². The van der Waals surface area contributed by atoms with E-state index in [1.54, 1.807) is 18.0 Å². The van der Waals surface area contributed by atoms with Crippen LogP contribution in [0.25, 0.3) is 0 Å². The van der Waals surface area contributed by atoms with Crippen LogP contribution in [0, 0.1) is 13.8 Å². The van der Waals surface area contributed by atoms with Crippen LogP contribution < -0.4 is 5.32 Å². The fourth-order valence-electron chi connectivity index (χ4n) is 3.09. The molecule has 27 heavy (non-hydrogen) atoms. The molecule has 2 aromatic carbocycles. The predicted molar refractivity (Wildman–Crippen MR) is 110 cm³/mol. The van der Waals surface area contributed by atoms with Gasteiger partial charge in [0.15, 0.2) is 0 Å². The molecule has 0 spiro atoms. The first-order valence-electron chi connectivity index (χ1n) is 9.18. The molecule has 0 fully saturated rings. The molecule has 0 aliphatic rings. The highest BCUT2D eigenvalue weighted by Gasteiger charge is 2.28. The second-order valence-corrected chi connectivity index (χ2v) is 7.15. The molecular formula is C22H27ClN2O2. The van der Waals surface area contributed by atoms with Crippen LogP contribution in [0.1, 0.15) is 35.6 Å². The Morgan fingerprint density at radius 2 is 1.81 bits per heavy atom. The van der Waals surface area contributed by atoms with Gasteiger partial charge in [-0.05, 0) is 48.6 Å². The van der Waals surface area contributed by atoms with Gasteiger partial charge in [0.1, 0.15) is 6.04 Å². The topological polar surface area (TPSA) is 49.4 Å². The molecule has 0 radical (unpaired) electrons. The Kier molecular flexibility index (Phi) is 7.43. The van der Waals surface area contributed by atoms with E-state index in [9.17, 15) is 9.59 Å². The zero-order valence-electron chi connectivity index (χ0n) is 16.4. The van der Waals surface area contributed by atoms with Crippen molar-refractivity contribution in [3.63, 3.8) is 0 Å². The predicted octanol–water partition coefficient (Wildman–Crippen LogP) is 4.05. The lowest BCUT2D eigenvalue weighted by molar-refractivity contribution is -0.140. The number of likely N-dealkylation sites (N-methyl/N-ethyl adjacent to an activating group) is 1. The number of rotatable bonds is 7. The van der Waals surface area contributed by atoms with E-state index >= 15 is 0 Å². The average molecular weight is 387 g/mol. The first kappa shape index (κ1) is 21.0. The molecule has 0 saturated carbocycles. The quantitative estimate of drug-likeness (QED) is 0.780. The number of carbonyl (C=O) groups is 2. The Balaban J connectivity index is 2.32. The van der Waals surface area contributed by atoms with Crippen LogP contribution in [-0.4, -0.2) is 29.8 Å². The summed E-state index contributed by atoms with van der Waals surface area (Å²) < 4.78 is 0. The summed E-state index contributed by atoms with van der Waals surface area (Å²) in [4.78, 5) is 27.2. The Hall–Kier alpha value is -2.33. The minimum atomic E-state index is -0.537. The highest BCUT2D eigenvalue weighted by Crippen LogP contribution is 2.21. The van der Waals surface area contributed by atoms with Crippen LogP contribution in [0.15, 0.2) is 42.5 Å². The smallest absolute Gasteiger partial charge is 0.242 e. The summed E-state index contributed by atoms with van der Waals surface area (Å²) in [5.74, 6) is -0.258. The maximum absolute atomic E-state index is 13.1. The summed E-state index contributed by atoms with van der Waals surface area (Å²) in [6, 6.07) is 12.9. The lowest BCUT2D eigenvalue weighted by Crippen LogP contribution is -2.48. The molecule has 0 saturated heterocycles. The van der Waals surface area contributed by atoms with Gasteiger partial charge < -0.3 is 10.2 Å². The van der Waals surface area contributed by atoms with Gasteiger partial charge in [-0.2, -0.15) is 0 Å². The lowest BCUT2D eigenvalue weighted by atomic mass is 10.0. The van der Waals surface area contributed by atoms with Crippen LogP contribution in [-0.2, 0) is 22.6 Å². The molecular weight excluding hydrogens is 360 g/mol. The number of nitrogens with one attached hydrogen (secondary N) is 1. The Morgan fingerprint density at radius 1 is 1.11 bits per heavy atom. The van der Waals surface area contributed by atoms with E-state index in [0.717, 1.165) is 16.7 Å². The molecule has 0 aliphatic carbocycles. The van der Waals surface area contributed by atoms with Crippen molar-refractivity contribution in [3.05, 3.63) is 69.7 Å². The maximum atomic E-state index is 13.1. The SMILES string of the molecule is CC[C@H](C(=O)NC)N(Cc1ccccc1Cl)C(=O)Cc1ccc(C)c(C)c1. The normalized spacial score (nSPS) is 11.7. The zero-order valence-corrected chi connectivity index (χ0v) is 17.1. The van der Waals surface area contributed by atoms with Crippen LogP contribution in [0.5, 0.6) is 0 Å². The molecule has 0 unspecified atom stereocenters. The molecule has 2 amide bonds. The van der Waals surface area contributed by atoms with Crippen molar-refractivity contribution in [1.82, 2.24) is 10.2 Å². The van der Waals surface area contributed by atoms with Gasteiger partial charge in [-0.1, -0.05) is 54.9 Å². The summed E-state index contributed by atoms with van der Waals surface area (Å²) >= 11 is 6.29. The van der Waals surface area contributed by atoms with Gasteiger partial charge in [-0.15, -0.1) is 0 Å². The summed E-state index contributed by atoms with van der Waals surface area (Å²) in [5.41, 5.74) is 4.11. The molecule has 4 nitrogen and oxygen atoms in total. The number of nitrogens with zero attached hydrogens (tertiary/aromatic N) is 1. The molecule has 5 heteroatoms. The van der Waals surface area contributed by atoms with E-state index in [2.05, 4.69) is 5.32 Å². The number of carbonyl (C=O) groups excluding carboxylic acids is 2. The van der Waals surface area contributed by atoms with E-state index in [4.69, 9.17) is 11.6 Å². The van der Waals surface area contributed by atoms with Crippen LogP contribution in [0.4, 0.5) is 0 Å². The zero-order chi connectivity index (χ0) is 20.0. The molecule has 1 atom stereocenters. The number of halogens is 1. The largest absolute Gasteiger partial charge is 0.357 e. The summed E-state index contributed by atoms with van der Waals surface area (Å²) in [6.07, 6.45) is 0.780. The van der Waals surface area contributed by atoms with Crippen LogP contribution in [0.3, 0.4) is 0 Å². The number of hydrogen-bond acceptors (Lipinski definition) is 2. The van der Waals surface area contributed by atoms with Gasteiger partial charge in [0.25, 0.3) is 0 Å². The molecule has 1 N–H and O–H groups in total. The molecule has 0 heterocycles. The minimum Gasteiger partial charge on any atom is -0.357 e. The highest BCUT2D eigenvalue weighted by molar-refractivity contribution is 6.31. The van der Waals surface area contributed by atoms with Gasteiger partial charge in [-0.25, -0.2) is 0 Å². The molecule has 0 bridgehead atoms. The van der Waals surface area contributed by atoms with Crippen molar-refractivity contribution in [2.24, 2.45) is 0 Å². The number of hydrogen-bond donors (Lipinski definition) is 1. The summed E-state index contributed by atoms with van der Waals surface area (Å²) in [6.45, 7) is 6.28. The van der Waals surface area contributed by atoms with Crippen molar-refractivity contribution in [1.29, 1.82) is 0 Å².